The molecule has 0 radical (unpaired) electrons. The van der Waals surface area contributed by atoms with Crippen molar-refractivity contribution in [3.63, 3.8) is 0 Å². The number of anilines is 1. The Morgan fingerprint density at radius 3 is 2.44 bits per heavy atom. The van der Waals surface area contributed by atoms with Gasteiger partial charge >= 0.3 is 6.03 Å². The van der Waals surface area contributed by atoms with Crippen LogP contribution in [0.5, 0.6) is 11.5 Å². The average Bonchev–Trinajstić information content (AvgIpc) is 2.85. The van der Waals surface area contributed by atoms with Gasteiger partial charge in [-0.1, -0.05) is 52.3 Å². The van der Waals surface area contributed by atoms with Crippen LogP contribution < -0.4 is 19.7 Å². The molecule has 182 valence electrons. The van der Waals surface area contributed by atoms with E-state index in [-0.39, 0.29) is 29.4 Å². The molecule has 0 aromatic heterocycles. The molecule has 36 heavy (non-hydrogen) atoms. The zero-order valence-electron chi connectivity index (χ0n) is 18.8. The highest BCUT2D eigenvalue weighted by Gasteiger charge is 2.37. The zero-order chi connectivity index (χ0) is 25.8. The van der Waals surface area contributed by atoms with E-state index in [9.17, 15) is 24.5 Å². The molecule has 0 bridgehead atoms. The molecular formula is C25H18BrN3O7. The summed E-state index contributed by atoms with van der Waals surface area (Å²) in [6.07, 6.45) is 1.05. The molecular weight excluding hydrogens is 534 g/mol. The topological polar surface area (TPSA) is 128 Å². The van der Waals surface area contributed by atoms with Crippen LogP contribution in [0.1, 0.15) is 11.1 Å². The number of hydrogen-bond donors (Lipinski definition) is 1. The van der Waals surface area contributed by atoms with Crippen LogP contribution in [0.25, 0.3) is 6.08 Å². The second-order valence-electron chi connectivity index (χ2n) is 7.53. The Kier molecular flexibility index (Phi) is 7.11. The normalized spacial score (nSPS) is 14.6. The molecule has 11 heteroatoms. The molecule has 0 atom stereocenters. The number of nitro groups is 1. The third kappa shape index (κ3) is 5.10. The number of amides is 4. The number of ether oxygens (including phenoxy) is 2. The quantitative estimate of drug-likeness (QED) is 0.196. The van der Waals surface area contributed by atoms with Crippen LogP contribution in [0.4, 0.5) is 16.2 Å². The van der Waals surface area contributed by atoms with Crippen LogP contribution in [-0.4, -0.2) is 29.9 Å². The van der Waals surface area contributed by atoms with Gasteiger partial charge in [0.05, 0.1) is 29.4 Å². The lowest BCUT2D eigenvalue weighted by molar-refractivity contribution is -0.385. The molecule has 0 aliphatic carbocycles. The maximum absolute atomic E-state index is 13.2. The summed E-state index contributed by atoms with van der Waals surface area (Å²) in [5, 5.41) is 13.9. The first-order valence-electron chi connectivity index (χ1n) is 10.5. The third-order valence-corrected chi connectivity index (χ3v) is 5.71. The van der Waals surface area contributed by atoms with E-state index in [0.29, 0.717) is 4.47 Å². The Morgan fingerprint density at radius 2 is 1.78 bits per heavy atom. The second-order valence-corrected chi connectivity index (χ2v) is 8.45. The molecule has 1 aliphatic heterocycles. The van der Waals surface area contributed by atoms with E-state index in [1.165, 1.54) is 25.3 Å². The van der Waals surface area contributed by atoms with Crippen molar-refractivity contribution < 1.29 is 28.8 Å². The van der Waals surface area contributed by atoms with E-state index >= 15 is 0 Å². The van der Waals surface area contributed by atoms with Crippen molar-refractivity contribution in [1.82, 2.24) is 5.32 Å². The molecule has 3 aromatic rings. The van der Waals surface area contributed by atoms with E-state index in [1.54, 1.807) is 12.1 Å². The lowest BCUT2D eigenvalue weighted by Crippen LogP contribution is -2.54. The van der Waals surface area contributed by atoms with Gasteiger partial charge in [-0.3, -0.25) is 25.0 Å². The van der Waals surface area contributed by atoms with Crippen LogP contribution in [-0.2, 0) is 16.2 Å². The third-order valence-electron chi connectivity index (χ3n) is 5.21. The molecule has 1 fully saturated rings. The van der Waals surface area contributed by atoms with Gasteiger partial charge in [-0.15, -0.1) is 0 Å². The fourth-order valence-electron chi connectivity index (χ4n) is 3.51. The summed E-state index contributed by atoms with van der Waals surface area (Å²) in [6.45, 7) is 0.138. The number of urea groups is 1. The van der Waals surface area contributed by atoms with Crippen molar-refractivity contribution in [2.45, 2.75) is 6.61 Å². The van der Waals surface area contributed by atoms with Crippen molar-refractivity contribution in [2.24, 2.45) is 0 Å². The number of carbonyl (C=O) groups is 3. The second kappa shape index (κ2) is 10.4. The monoisotopic (exact) mass is 551 g/mol. The number of imide groups is 2. The standard InChI is InChI=1S/C25H18BrN3O7/c1-35-21-11-16(20(29(33)34)13-22(21)36-14-15-6-3-2-4-7-15)10-19-23(30)27-25(32)28(24(19)31)18-9-5-8-17(26)12-18/h2-13H,14H2,1H3,(H,27,30,32). The Balaban J connectivity index is 1.73. The highest BCUT2D eigenvalue weighted by molar-refractivity contribution is 9.10. The maximum atomic E-state index is 13.2. The van der Waals surface area contributed by atoms with E-state index in [1.807, 2.05) is 30.3 Å². The number of methoxy groups -OCH3 is 1. The van der Waals surface area contributed by atoms with E-state index < -0.39 is 34.0 Å². The molecule has 3 aromatic carbocycles. The SMILES string of the molecule is COc1cc(C=C2C(=O)NC(=O)N(c3cccc(Br)c3)C2=O)c([N+](=O)[O-])cc1OCc1ccccc1. The number of nitrogens with one attached hydrogen (secondary N) is 1. The number of carbonyl (C=O) groups excluding carboxylic acids is 3. The van der Waals surface area contributed by atoms with Gasteiger partial charge < -0.3 is 9.47 Å². The minimum atomic E-state index is -0.978. The first-order valence-corrected chi connectivity index (χ1v) is 11.3. The largest absolute Gasteiger partial charge is 0.493 e. The smallest absolute Gasteiger partial charge is 0.335 e. The predicted octanol–water partition coefficient (Wildman–Crippen LogP) is 4.61. The first kappa shape index (κ1) is 24.6. The van der Waals surface area contributed by atoms with Gasteiger partial charge in [0.1, 0.15) is 12.2 Å². The number of halogens is 1. The molecule has 10 nitrogen and oxygen atoms in total. The van der Waals surface area contributed by atoms with Gasteiger partial charge in [0.15, 0.2) is 11.5 Å². The first-order chi connectivity index (χ1) is 17.3. The Bertz CT molecular complexity index is 1410. The van der Waals surface area contributed by atoms with Gasteiger partial charge in [0.2, 0.25) is 0 Å². The predicted molar refractivity (Wildman–Crippen MR) is 134 cm³/mol. The van der Waals surface area contributed by atoms with Gasteiger partial charge in [0, 0.05) is 4.47 Å². The summed E-state index contributed by atoms with van der Waals surface area (Å²) in [5.41, 5.74) is 0.0960. The number of benzene rings is 3. The number of rotatable bonds is 7. The van der Waals surface area contributed by atoms with Crippen molar-refractivity contribution >= 4 is 51.2 Å². The van der Waals surface area contributed by atoms with Crippen LogP contribution in [0, 0.1) is 10.1 Å². The van der Waals surface area contributed by atoms with Crippen LogP contribution in [0.15, 0.2) is 76.8 Å². The molecule has 1 aliphatic rings. The lowest BCUT2D eigenvalue weighted by Gasteiger charge is -2.26. The molecule has 1 heterocycles. The Hall–Kier alpha value is -4.51. The van der Waals surface area contributed by atoms with Crippen LogP contribution >= 0.6 is 15.9 Å². The number of nitro benzene ring substituents is 1. The number of barbiturate groups is 1. The highest BCUT2D eigenvalue weighted by atomic mass is 79.9. The van der Waals surface area contributed by atoms with Gasteiger partial charge in [0.25, 0.3) is 17.5 Å². The average molecular weight is 552 g/mol. The number of nitrogens with zero attached hydrogens (tertiary/aromatic N) is 2. The molecule has 1 N–H and O–H groups in total. The number of hydrogen-bond acceptors (Lipinski definition) is 7. The Labute approximate surface area is 213 Å². The summed E-state index contributed by atoms with van der Waals surface area (Å²) in [4.78, 5) is 50.1. The highest BCUT2D eigenvalue weighted by Crippen LogP contribution is 2.37. The maximum Gasteiger partial charge on any atom is 0.335 e. The lowest BCUT2D eigenvalue weighted by atomic mass is 10.0. The molecule has 0 saturated carbocycles. The summed E-state index contributed by atoms with van der Waals surface area (Å²) >= 11 is 3.27. The van der Waals surface area contributed by atoms with Crippen LogP contribution in [0.2, 0.25) is 0 Å². The van der Waals surface area contributed by atoms with Crippen molar-refractivity contribution in [3.8, 4) is 11.5 Å². The summed E-state index contributed by atoms with van der Waals surface area (Å²) in [6, 6.07) is 17.1. The van der Waals surface area contributed by atoms with Crippen molar-refractivity contribution in [1.29, 1.82) is 0 Å². The van der Waals surface area contributed by atoms with Gasteiger partial charge in [-0.2, -0.15) is 0 Å². The van der Waals surface area contributed by atoms with Crippen LogP contribution in [0.3, 0.4) is 0 Å². The minimum absolute atomic E-state index is 0.0778. The minimum Gasteiger partial charge on any atom is -0.493 e. The molecule has 1 saturated heterocycles. The summed E-state index contributed by atoms with van der Waals surface area (Å²) < 4.78 is 11.7. The van der Waals surface area contributed by atoms with Crippen molar-refractivity contribution in [3.05, 3.63) is 98.0 Å². The fraction of sp³-hybridized carbons (Fsp3) is 0.0800. The van der Waals surface area contributed by atoms with E-state index in [0.717, 1.165) is 22.6 Å². The Morgan fingerprint density at radius 1 is 1.03 bits per heavy atom. The summed E-state index contributed by atoms with van der Waals surface area (Å²) in [7, 11) is 1.36. The summed E-state index contributed by atoms with van der Waals surface area (Å²) in [5.74, 6) is -1.64. The van der Waals surface area contributed by atoms with Crippen molar-refractivity contribution in [2.75, 3.05) is 12.0 Å². The fourth-order valence-corrected chi connectivity index (χ4v) is 3.90. The van der Waals surface area contributed by atoms with Gasteiger partial charge in [-0.05, 0) is 35.9 Å². The molecule has 0 unspecified atom stereocenters. The molecule has 4 rings (SSSR count). The van der Waals surface area contributed by atoms with Gasteiger partial charge in [-0.25, -0.2) is 9.69 Å². The zero-order valence-corrected chi connectivity index (χ0v) is 20.4. The van der Waals surface area contributed by atoms with E-state index in [2.05, 4.69) is 21.2 Å². The van der Waals surface area contributed by atoms with E-state index in [4.69, 9.17) is 9.47 Å². The molecule has 0 spiro atoms. The molecule has 4 amide bonds.